The van der Waals surface area contributed by atoms with Gasteiger partial charge in [-0.25, -0.2) is 8.78 Å². The van der Waals surface area contributed by atoms with Gasteiger partial charge in [-0.1, -0.05) is 37.6 Å². The smallest absolute Gasteiger partial charge is 0.159 e. The lowest BCUT2D eigenvalue weighted by Gasteiger charge is -2.34. The van der Waals surface area contributed by atoms with Crippen LogP contribution in [0.5, 0.6) is 0 Å². The SMILES string of the molecule is C=CCC.CCc1ccc(F)c(F)c1.Cc1cc(Cl)ccc1N1CCN(C)CC1. The third-order valence-corrected chi connectivity index (χ3v) is 4.92. The average molecular weight is 423 g/mol. The van der Waals surface area contributed by atoms with Gasteiger partial charge in [-0.05, 0) is 68.3 Å². The van der Waals surface area contributed by atoms with Crippen LogP contribution < -0.4 is 4.90 Å². The fourth-order valence-corrected chi connectivity index (χ4v) is 3.01. The number of rotatable bonds is 3. The second kappa shape index (κ2) is 13.3. The summed E-state index contributed by atoms with van der Waals surface area (Å²) < 4.78 is 24.7. The highest BCUT2D eigenvalue weighted by Gasteiger charge is 2.15. The summed E-state index contributed by atoms with van der Waals surface area (Å²) in [6.45, 7) is 14.1. The predicted octanol–water partition coefficient (Wildman–Crippen LogP) is 6.51. The zero-order chi connectivity index (χ0) is 21.8. The minimum absolute atomic E-state index is 0.733. The first-order valence-corrected chi connectivity index (χ1v) is 10.4. The summed E-state index contributed by atoms with van der Waals surface area (Å²) in [7, 11) is 2.17. The number of halogens is 3. The molecule has 2 nitrogen and oxygen atoms in total. The number of nitrogens with zero attached hydrogens (tertiary/aromatic N) is 2. The highest BCUT2D eigenvalue weighted by molar-refractivity contribution is 6.30. The summed E-state index contributed by atoms with van der Waals surface area (Å²) >= 11 is 5.95. The fourth-order valence-electron chi connectivity index (χ4n) is 2.78. The summed E-state index contributed by atoms with van der Waals surface area (Å²) in [5.74, 6) is -1.54. The lowest BCUT2D eigenvalue weighted by molar-refractivity contribution is 0.312. The molecule has 3 rings (SSSR count). The Kier molecular flexibility index (Phi) is 11.6. The van der Waals surface area contributed by atoms with Crippen molar-refractivity contribution < 1.29 is 8.78 Å². The van der Waals surface area contributed by atoms with Crippen molar-refractivity contribution >= 4 is 17.3 Å². The van der Waals surface area contributed by atoms with Gasteiger partial charge in [-0.2, -0.15) is 0 Å². The van der Waals surface area contributed by atoms with Crippen LogP contribution in [0, 0.1) is 18.6 Å². The quantitative estimate of drug-likeness (QED) is 0.520. The van der Waals surface area contributed by atoms with E-state index < -0.39 is 11.6 Å². The van der Waals surface area contributed by atoms with Crippen molar-refractivity contribution in [1.29, 1.82) is 0 Å². The average Bonchev–Trinajstić information content (AvgIpc) is 2.72. The van der Waals surface area contributed by atoms with Crippen LogP contribution in [-0.2, 0) is 6.42 Å². The Labute approximate surface area is 179 Å². The van der Waals surface area contributed by atoms with Crippen molar-refractivity contribution in [2.45, 2.75) is 33.6 Å². The maximum absolute atomic E-state index is 12.4. The Balaban J connectivity index is 0.000000259. The molecule has 1 aliphatic heterocycles. The fraction of sp³-hybridized carbons (Fsp3) is 0.417. The number of allylic oxidation sites excluding steroid dienone is 1. The molecule has 1 saturated heterocycles. The summed E-state index contributed by atoms with van der Waals surface area (Å²) in [4.78, 5) is 4.80. The van der Waals surface area contributed by atoms with Crippen LogP contribution >= 0.6 is 11.6 Å². The molecule has 0 aromatic heterocycles. The molecule has 5 heteroatoms. The Hall–Kier alpha value is -1.91. The number of hydrogen-bond acceptors (Lipinski definition) is 2. The number of benzene rings is 2. The van der Waals surface area contributed by atoms with Crippen LogP contribution in [-0.4, -0.2) is 38.1 Å². The second-order valence-electron chi connectivity index (χ2n) is 7.02. The van der Waals surface area contributed by atoms with Gasteiger partial charge < -0.3 is 9.80 Å². The van der Waals surface area contributed by atoms with E-state index in [0.29, 0.717) is 0 Å². The van der Waals surface area contributed by atoms with Crippen molar-refractivity contribution in [1.82, 2.24) is 4.90 Å². The third-order valence-electron chi connectivity index (χ3n) is 4.68. The first-order chi connectivity index (χ1) is 13.8. The number of hydrogen-bond donors (Lipinski definition) is 0. The highest BCUT2D eigenvalue weighted by atomic mass is 35.5. The Morgan fingerprint density at radius 3 is 2.10 bits per heavy atom. The highest BCUT2D eigenvalue weighted by Crippen LogP contribution is 2.24. The van der Waals surface area contributed by atoms with Gasteiger partial charge in [-0.3, -0.25) is 0 Å². The van der Waals surface area contributed by atoms with Crippen LogP contribution in [0.3, 0.4) is 0 Å². The van der Waals surface area contributed by atoms with Gasteiger partial charge in [0, 0.05) is 36.9 Å². The van der Waals surface area contributed by atoms with E-state index in [1.807, 2.05) is 25.1 Å². The molecule has 0 bridgehead atoms. The van der Waals surface area contributed by atoms with Crippen LogP contribution in [0.4, 0.5) is 14.5 Å². The minimum Gasteiger partial charge on any atom is -0.369 e. The maximum atomic E-state index is 12.4. The van der Waals surface area contributed by atoms with E-state index in [9.17, 15) is 8.78 Å². The zero-order valence-corrected chi connectivity index (χ0v) is 18.8. The summed E-state index contributed by atoms with van der Waals surface area (Å²) in [5, 5.41) is 0.824. The molecule has 2 aromatic rings. The summed E-state index contributed by atoms with van der Waals surface area (Å²) in [6, 6.07) is 10.1. The molecule has 0 aliphatic carbocycles. The molecular weight excluding hydrogens is 390 g/mol. The van der Waals surface area contributed by atoms with Crippen molar-refractivity contribution in [3.05, 3.63) is 76.8 Å². The summed E-state index contributed by atoms with van der Waals surface area (Å²) in [5.41, 5.74) is 3.42. The first kappa shape index (κ1) is 25.1. The van der Waals surface area contributed by atoms with Gasteiger partial charge in [0.25, 0.3) is 0 Å². The van der Waals surface area contributed by atoms with E-state index in [1.54, 1.807) is 6.07 Å². The number of anilines is 1. The topological polar surface area (TPSA) is 6.48 Å². The first-order valence-electron chi connectivity index (χ1n) is 10.1. The molecule has 1 aliphatic rings. The predicted molar refractivity (Wildman–Crippen MR) is 122 cm³/mol. The van der Waals surface area contributed by atoms with Gasteiger partial charge in [-0.15, -0.1) is 6.58 Å². The normalized spacial score (nSPS) is 13.7. The molecule has 160 valence electrons. The van der Waals surface area contributed by atoms with Gasteiger partial charge in [0.05, 0.1) is 0 Å². The molecule has 0 spiro atoms. The summed E-state index contributed by atoms with van der Waals surface area (Å²) in [6.07, 6.45) is 3.69. The largest absolute Gasteiger partial charge is 0.369 e. The maximum Gasteiger partial charge on any atom is 0.159 e. The molecule has 29 heavy (non-hydrogen) atoms. The van der Waals surface area contributed by atoms with E-state index in [-0.39, 0.29) is 0 Å². The molecule has 0 radical (unpaired) electrons. The molecule has 0 unspecified atom stereocenters. The van der Waals surface area contributed by atoms with E-state index >= 15 is 0 Å². The van der Waals surface area contributed by atoms with Gasteiger partial charge in [0.1, 0.15) is 0 Å². The Bertz CT molecular complexity index is 757. The lowest BCUT2D eigenvalue weighted by Crippen LogP contribution is -2.44. The van der Waals surface area contributed by atoms with E-state index in [2.05, 4.69) is 43.3 Å². The van der Waals surface area contributed by atoms with Crippen molar-refractivity contribution in [2.24, 2.45) is 0 Å². The Morgan fingerprint density at radius 1 is 1.00 bits per heavy atom. The Morgan fingerprint density at radius 2 is 1.62 bits per heavy atom. The van der Waals surface area contributed by atoms with Crippen LogP contribution in [0.15, 0.2) is 49.1 Å². The van der Waals surface area contributed by atoms with Crippen LogP contribution in [0.1, 0.15) is 31.4 Å². The minimum atomic E-state index is -0.780. The van der Waals surface area contributed by atoms with Crippen molar-refractivity contribution in [3.8, 4) is 0 Å². The molecule has 0 atom stereocenters. The van der Waals surface area contributed by atoms with E-state index in [1.165, 1.54) is 17.3 Å². The van der Waals surface area contributed by atoms with Crippen molar-refractivity contribution in [3.63, 3.8) is 0 Å². The third kappa shape index (κ3) is 8.97. The van der Waals surface area contributed by atoms with Gasteiger partial charge in [0.2, 0.25) is 0 Å². The number of piperazine rings is 1. The van der Waals surface area contributed by atoms with E-state index in [0.717, 1.165) is 55.7 Å². The van der Waals surface area contributed by atoms with Crippen molar-refractivity contribution in [2.75, 3.05) is 38.1 Å². The van der Waals surface area contributed by atoms with E-state index in [4.69, 9.17) is 11.6 Å². The molecule has 1 fully saturated rings. The van der Waals surface area contributed by atoms with Gasteiger partial charge in [0.15, 0.2) is 11.6 Å². The molecular formula is C24H33ClF2N2. The molecule has 0 amide bonds. The molecule has 2 aromatic carbocycles. The number of likely N-dealkylation sites (N-methyl/N-ethyl adjacent to an activating group) is 1. The zero-order valence-electron chi connectivity index (χ0n) is 18.0. The molecule has 0 N–H and O–H groups in total. The van der Waals surface area contributed by atoms with Crippen LogP contribution in [0.25, 0.3) is 0 Å². The monoisotopic (exact) mass is 422 g/mol. The van der Waals surface area contributed by atoms with Gasteiger partial charge >= 0.3 is 0 Å². The molecule has 1 heterocycles. The second-order valence-corrected chi connectivity index (χ2v) is 7.46. The molecule has 0 saturated carbocycles. The lowest BCUT2D eigenvalue weighted by atomic mass is 10.1. The number of aryl methyl sites for hydroxylation is 2. The van der Waals surface area contributed by atoms with Crippen LogP contribution in [0.2, 0.25) is 5.02 Å². The standard InChI is InChI=1S/C12H17ClN2.C8H8F2.C4H8/c1-10-9-11(13)3-4-12(10)15-7-5-14(2)6-8-15;1-2-6-3-4-7(9)8(10)5-6;1-3-4-2/h3-4,9H,5-8H2,1-2H3;3-5H,2H2,1H3;3H,1,4H2,2H3.